The SMILES string of the molecule is O=C(C1CC(F)(c2ccc(CN3CC(F)CC3F)cc2)C1)N1CCCC1. The summed E-state index contributed by atoms with van der Waals surface area (Å²) in [5.74, 6) is -0.118. The lowest BCUT2D eigenvalue weighted by atomic mass is 9.68. The van der Waals surface area contributed by atoms with Gasteiger partial charge in [0.05, 0.1) is 0 Å². The molecule has 3 fully saturated rings. The highest BCUT2D eigenvalue weighted by atomic mass is 19.2. The number of amides is 1. The molecule has 0 aromatic heterocycles. The van der Waals surface area contributed by atoms with Gasteiger partial charge < -0.3 is 4.90 Å². The third-order valence-electron chi connectivity index (χ3n) is 6.04. The van der Waals surface area contributed by atoms with Gasteiger partial charge in [-0.2, -0.15) is 0 Å². The van der Waals surface area contributed by atoms with E-state index in [-0.39, 0.29) is 37.6 Å². The molecule has 0 radical (unpaired) electrons. The molecule has 3 nitrogen and oxygen atoms in total. The Morgan fingerprint density at radius 1 is 1.12 bits per heavy atom. The first-order chi connectivity index (χ1) is 12.4. The monoisotopic (exact) mass is 366 g/mol. The van der Waals surface area contributed by atoms with Crippen LogP contribution in [-0.2, 0) is 17.0 Å². The van der Waals surface area contributed by atoms with Crippen LogP contribution in [0, 0.1) is 5.92 Å². The molecule has 0 bridgehead atoms. The first-order valence-corrected chi connectivity index (χ1v) is 9.54. The van der Waals surface area contributed by atoms with Crippen molar-refractivity contribution in [3.05, 3.63) is 35.4 Å². The van der Waals surface area contributed by atoms with E-state index in [1.54, 1.807) is 24.3 Å². The summed E-state index contributed by atoms with van der Waals surface area (Å²) in [6, 6.07) is 7.01. The molecule has 2 heterocycles. The van der Waals surface area contributed by atoms with E-state index in [0.717, 1.165) is 31.5 Å². The third-order valence-corrected chi connectivity index (χ3v) is 6.04. The summed E-state index contributed by atoms with van der Waals surface area (Å²) in [7, 11) is 0. The third kappa shape index (κ3) is 3.36. The second-order valence-corrected chi connectivity index (χ2v) is 8.00. The number of hydrogen-bond donors (Lipinski definition) is 0. The maximum Gasteiger partial charge on any atom is 0.225 e. The fraction of sp³-hybridized carbons (Fsp3) is 0.650. The van der Waals surface area contributed by atoms with E-state index in [4.69, 9.17) is 0 Å². The molecular weight excluding hydrogens is 341 g/mol. The van der Waals surface area contributed by atoms with Crippen molar-refractivity contribution in [1.29, 1.82) is 0 Å². The van der Waals surface area contributed by atoms with Gasteiger partial charge in [0.25, 0.3) is 0 Å². The summed E-state index contributed by atoms with van der Waals surface area (Å²) >= 11 is 0. The first-order valence-electron chi connectivity index (χ1n) is 9.54. The highest BCUT2D eigenvalue weighted by molar-refractivity contribution is 5.80. The molecule has 2 atom stereocenters. The quantitative estimate of drug-likeness (QED) is 0.759. The Labute approximate surface area is 152 Å². The molecule has 1 aliphatic carbocycles. The van der Waals surface area contributed by atoms with Crippen molar-refractivity contribution < 1.29 is 18.0 Å². The molecule has 2 unspecified atom stereocenters. The Bertz CT molecular complexity index is 654. The number of hydrogen-bond acceptors (Lipinski definition) is 2. The second kappa shape index (κ2) is 6.87. The molecule has 1 aromatic rings. The first kappa shape index (κ1) is 17.8. The fourth-order valence-corrected chi connectivity index (χ4v) is 4.44. The van der Waals surface area contributed by atoms with Crippen LogP contribution in [0.1, 0.15) is 43.2 Å². The van der Waals surface area contributed by atoms with Gasteiger partial charge in [-0.25, -0.2) is 13.2 Å². The van der Waals surface area contributed by atoms with Crippen LogP contribution in [0.4, 0.5) is 13.2 Å². The topological polar surface area (TPSA) is 23.6 Å². The smallest absolute Gasteiger partial charge is 0.225 e. The van der Waals surface area contributed by atoms with Crippen molar-refractivity contribution >= 4 is 5.91 Å². The summed E-state index contributed by atoms with van der Waals surface area (Å²) in [6.07, 6.45) is 0.132. The number of carbonyl (C=O) groups excluding carboxylic acids is 1. The highest BCUT2D eigenvalue weighted by Crippen LogP contribution is 2.50. The van der Waals surface area contributed by atoms with Crippen LogP contribution in [0.15, 0.2) is 24.3 Å². The molecule has 1 aromatic carbocycles. The Morgan fingerprint density at radius 2 is 1.77 bits per heavy atom. The van der Waals surface area contributed by atoms with Crippen LogP contribution in [0.2, 0.25) is 0 Å². The minimum Gasteiger partial charge on any atom is -0.342 e. The van der Waals surface area contributed by atoms with E-state index >= 15 is 4.39 Å². The highest BCUT2D eigenvalue weighted by Gasteiger charge is 2.50. The number of halogens is 3. The standard InChI is InChI=1S/C20H25F3N2O/c21-17-9-18(22)25(13-17)12-14-3-5-16(6-4-14)20(23)10-15(11-20)19(26)24-7-1-2-8-24/h3-6,15,17-18H,1-2,7-13H2. The minimum absolute atomic E-state index is 0.0713. The lowest BCUT2D eigenvalue weighted by Gasteiger charge is -2.42. The lowest BCUT2D eigenvalue weighted by Crippen LogP contribution is -2.46. The Kier molecular flexibility index (Phi) is 4.71. The largest absolute Gasteiger partial charge is 0.342 e. The zero-order valence-electron chi connectivity index (χ0n) is 14.8. The average Bonchev–Trinajstić information content (AvgIpc) is 3.22. The number of likely N-dealkylation sites (tertiary alicyclic amines) is 2. The van der Waals surface area contributed by atoms with Gasteiger partial charge in [0.15, 0.2) is 6.30 Å². The number of nitrogens with zero attached hydrogens (tertiary/aromatic N) is 2. The molecule has 142 valence electrons. The fourth-order valence-electron chi connectivity index (χ4n) is 4.44. The van der Waals surface area contributed by atoms with Crippen molar-refractivity contribution in [1.82, 2.24) is 9.80 Å². The van der Waals surface area contributed by atoms with Crippen molar-refractivity contribution in [3.8, 4) is 0 Å². The zero-order chi connectivity index (χ0) is 18.3. The van der Waals surface area contributed by atoms with Gasteiger partial charge in [-0.15, -0.1) is 0 Å². The van der Waals surface area contributed by atoms with E-state index in [1.165, 1.54) is 4.90 Å². The predicted molar refractivity (Wildman–Crippen MR) is 92.6 cm³/mol. The number of carbonyl (C=O) groups is 1. The molecule has 2 aliphatic heterocycles. The molecule has 3 aliphatic rings. The van der Waals surface area contributed by atoms with Crippen LogP contribution < -0.4 is 0 Å². The summed E-state index contributed by atoms with van der Waals surface area (Å²) in [6.45, 7) is 2.04. The van der Waals surface area contributed by atoms with Crippen molar-refractivity contribution in [2.24, 2.45) is 5.92 Å². The summed E-state index contributed by atoms with van der Waals surface area (Å²) in [5.41, 5.74) is -0.0229. The molecular formula is C20H25F3N2O. The average molecular weight is 366 g/mol. The van der Waals surface area contributed by atoms with Crippen LogP contribution in [0.5, 0.6) is 0 Å². The maximum atomic E-state index is 15.1. The molecule has 0 spiro atoms. The number of rotatable bonds is 4. The van der Waals surface area contributed by atoms with E-state index < -0.39 is 18.1 Å². The number of benzene rings is 1. The van der Waals surface area contributed by atoms with Gasteiger partial charge in [-0.3, -0.25) is 9.69 Å². The second-order valence-electron chi connectivity index (χ2n) is 8.00. The number of alkyl halides is 3. The zero-order valence-corrected chi connectivity index (χ0v) is 14.8. The molecule has 0 N–H and O–H groups in total. The van der Waals surface area contributed by atoms with Crippen LogP contribution in [0.3, 0.4) is 0 Å². The minimum atomic E-state index is -1.45. The molecule has 2 saturated heterocycles. The maximum absolute atomic E-state index is 15.1. The van der Waals surface area contributed by atoms with Gasteiger partial charge in [0, 0.05) is 38.5 Å². The van der Waals surface area contributed by atoms with E-state index in [2.05, 4.69) is 0 Å². The lowest BCUT2D eigenvalue weighted by molar-refractivity contribution is -0.144. The van der Waals surface area contributed by atoms with Crippen LogP contribution in [-0.4, -0.2) is 47.8 Å². The predicted octanol–water partition coefficient (Wildman–Crippen LogP) is 3.72. The summed E-state index contributed by atoms with van der Waals surface area (Å²) in [4.78, 5) is 15.7. The normalized spacial score (nSPS) is 34.9. The van der Waals surface area contributed by atoms with Gasteiger partial charge >= 0.3 is 0 Å². The summed E-state index contributed by atoms with van der Waals surface area (Å²) < 4.78 is 42.0. The van der Waals surface area contributed by atoms with Crippen molar-refractivity contribution in [3.63, 3.8) is 0 Å². The van der Waals surface area contributed by atoms with Gasteiger partial charge in [0.1, 0.15) is 11.8 Å². The Balaban J connectivity index is 1.34. The van der Waals surface area contributed by atoms with Crippen molar-refractivity contribution in [2.75, 3.05) is 19.6 Å². The van der Waals surface area contributed by atoms with Gasteiger partial charge in [-0.05, 0) is 36.8 Å². The molecule has 26 heavy (non-hydrogen) atoms. The molecule has 1 amide bonds. The van der Waals surface area contributed by atoms with Crippen LogP contribution in [0.25, 0.3) is 0 Å². The van der Waals surface area contributed by atoms with Crippen LogP contribution >= 0.6 is 0 Å². The summed E-state index contributed by atoms with van der Waals surface area (Å²) in [5, 5.41) is 0. The van der Waals surface area contributed by atoms with Gasteiger partial charge in [-0.1, -0.05) is 24.3 Å². The molecule has 1 saturated carbocycles. The Hall–Kier alpha value is -1.56. The molecule has 6 heteroatoms. The Morgan fingerprint density at radius 3 is 2.35 bits per heavy atom. The van der Waals surface area contributed by atoms with E-state index in [1.807, 2.05) is 4.90 Å². The molecule has 4 rings (SSSR count). The van der Waals surface area contributed by atoms with E-state index in [0.29, 0.717) is 12.1 Å². The van der Waals surface area contributed by atoms with Crippen molar-refractivity contribution in [2.45, 2.75) is 56.8 Å². The van der Waals surface area contributed by atoms with E-state index in [9.17, 15) is 13.6 Å². The van der Waals surface area contributed by atoms with Gasteiger partial charge in [0.2, 0.25) is 5.91 Å².